The second-order valence-electron chi connectivity index (χ2n) is 6.88. The molecular weight excluding hydrogens is 292 g/mol. The second-order valence-corrected chi connectivity index (χ2v) is 6.88. The van der Waals surface area contributed by atoms with Crippen LogP contribution in [0.1, 0.15) is 50.5 Å². The van der Waals surface area contributed by atoms with Gasteiger partial charge in [0.15, 0.2) is 0 Å². The summed E-state index contributed by atoms with van der Waals surface area (Å²) in [5.41, 5.74) is 0.746. The number of nitro groups is 1. The van der Waals surface area contributed by atoms with Crippen molar-refractivity contribution in [3.8, 4) is 0 Å². The van der Waals surface area contributed by atoms with Crippen molar-refractivity contribution in [2.45, 2.75) is 64.0 Å². The zero-order valence-electron chi connectivity index (χ0n) is 13.8. The number of nitrogens with zero attached hydrogens (tertiary/aromatic N) is 3. The number of hydrogen-bond donors (Lipinski definition) is 1. The van der Waals surface area contributed by atoms with E-state index in [4.69, 9.17) is 0 Å². The van der Waals surface area contributed by atoms with Crippen molar-refractivity contribution < 1.29 is 4.92 Å². The van der Waals surface area contributed by atoms with Crippen LogP contribution in [0.4, 0.5) is 11.5 Å². The molecule has 0 radical (unpaired) electrons. The van der Waals surface area contributed by atoms with Crippen LogP contribution in [-0.4, -0.2) is 40.0 Å². The Hall–Kier alpha value is -1.69. The van der Waals surface area contributed by atoms with Crippen LogP contribution in [0.2, 0.25) is 0 Å². The van der Waals surface area contributed by atoms with E-state index in [0.717, 1.165) is 24.8 Å². The van der Waals surface area contributed by atoms with Crippen LogP contribution < -0.4 is 5.32 Å². The Balaban J connectivity index is 1.61. The number of aryl methyl sites for hydroxylation is 1. The van der Waals surface area contributed by atoms with Crippen LogP contribution in [0.15, 0.2) is 12.3 Å². The molecule has 0 spiro atoms. The van der Waals surface area contributed by atoms with Crippen molar-refractivity contribution in [3.05, 3.63) is 27.9 Å². The Morgan fingerprint density at radius 3 is 2.74 bits per heavy atom. The third-order valence-corrected chi connectivity index (χ3v) is 5.18. The average molecular weight is 318 g/mol. The number of nitrogens with one attached hydrogen (secondary N) is 1. The first-order chi connectivity index (χ1) is 11.1. The van der Waals surface area contributed by atoms with Gasteiger partial charge in [-0.15, -0.1) is 0 Å². The lowest BCUT2D eigenvalue weighted by Crippen LogP contribution is -2.47. The molecule has 1 saturated carbocycles. The zero-order valence-corrected chi connectivity index (χ0v) is 13.8. The molecule has 2 aliphatic rings. The molecule has 6 heteroatoms. The van der Waals surface area contributed by atoms with Gasteiger partial charge in [0.05, 0.1) is 4.92 Å². The smallest absolute Gasteiger partial charge is 0.290 e. The third kappa shape index (κ3) is 3.99. The summed E-state index contributed by atoms with van der Waals surface area (Å²) in [6.07, 6.45) is 10.5. The van der Waals surface area contributed by atoms with Gasteiger partial charge in [0.2, 0.25) is 0 Å². The molecule has 1 unspecified atom stereocenters. The maximum absolute atomic E-state index is 10.9. The Kier molecular flexibility index (Phi) is 5.10. The SMILES string of the molecule is Cc1cc(NC2CCCN(C3CCCCC3)C2)ncc1[N+](=O)[O-]. The van der Waals surface area contributed by atoms with Gasteiger partial charge in [-0.25, -0.2) is 4.98 Å². The summed E-state index contributed by atoms with van der Waals surface area (Å²) < 4.78 is 0. The van der Waals surface area contributed by atoms with E-state index in [-0.39, 0.29) is 10.6 Å². The molecule has 1 N–H and O–H groups in total. The maximum atomic E-state index is 10.9. The molecule has 1 aliphatic carbocycles. The minimum atomic E-state index is -0.377. The van der Waals surface area contributed by atoms with Crippen LogP contribution >= 0.6 is 0 Å². The summed E-state index contributed by atoms with van der Waals surface area (Å²) >= 11 is 0. The van der Waals surface area contributed by atoms with E-state index in [1.165, 1.54) is 51.3 Å². The molecule has 126 valence electrons. The third-order valence-electron chi connectivity index (χ3n) is 5.18. The van der Waals surface area contributed by atoms with Gasteiger partial charge in [0.25, 0.3) is 5.69 Å². The molecule has 1 aliphatic heterocycles. The lowest BCUT2D eigenvalue weighted by Gasteiger charge is -2.40. The molecular formula is C17H26N4O2. The first kappa shape index (κ1) is 16.2. The van der Waals surface area contributed by atoms with E-state index in [1.807, 2.05) is 0 Å². The molecule has 1 atom stereocenters. The maximum Gasteiger partial charge on any atom is 0.290 e. The lowest BCUT2D eigenvalue weighted by atomic mass is 9.92. The predicted molar refractivity (Wildman–Crippen MR) is 90.7 cm³/mol. The van der Waals surface area contributed by atoms with Crippen LogP contribution in [0.25, 0.3) is 0 Å². The molecule has 3 rings (SSSR count). The van der Waals surface area contributed by atoms with Gasteiger partial charge in [0, 0.05) is 24.2 Å². The Morgan fingerprint density at radius 1 is 1.26 bits per heavy atom. The Bertz CT molecular complexity index is 558. The number of aromatic nitrogens is 1. The summed E-state index contributed by atoms with van der Waals surface area (Å²) in [4.78, 5) is 17.4. The first-order valence-electron chi connectivity index (χ1n) is 8.75. The Morgan fingerprint density at radius 2 is 2.04 bits per heavy atom. The Labute approximate surface area is 137 Å². The highest BCUT2D eigenvalue weighted by Gasteiger charge is 2.27. The number of hydrogen-bond acceptors (Lipinski definition) is 5. The molecule has 6 nitrogen and oxygen atoms in total. The monoisotopic (exact) mass is 318 g/mol. The molecule has 1 saturated heterocycles. The standard InChI is InChI=1S/C17H26N4O2/c1-13-10-17(18-11-16(13)21(22)23)19-14-6-5-9-20(12-14)15-7-3-2-4-8-15/h10-11,14-15H,2-9,12H2,1H3,(H,18,19). The minimum absolute atomic E-state index is 0.0861. The molecule has 2 heterocycles. The molecule has 1 aromatic heterocycles. The van der Waals surface area contributed by atoms with Crippen molar-refractivity contribution >= 4 is 11.5 Å². The van der Waals surface area contributed by atoms with Gasteiger partial charge >= 0.3 is 0 Å². The summed E-state index contributed by atoms with van der Waals surface area (Å²) in [7, 11) is 0. The van der Waals surface area contributed by atoms with Gasteiger partial charge in [-0.1, -0.05) is 19.3 Å². The van der Waals surface area contributed by atoms with Gasteiger partial charge in [-0.3, -0.25) is 15.0 Å². The van der Waals surface area contributed by atoms with E-state index < -0.39 is 0 Å². The van der Waals surface area contributed by atoms with Gasteiger partial charge in [-0.2, -0.15) is 0 Å². The molecule has 0 aromatic carbocycles. The molecule has 1 aromatic rings. The number of rotatable bonds is 4. The predicted octanol–water partition coefficient (Wildman–Crippen LogP) is 3.51. The molecule has 2 fully saturated rings. The lowest BCUT2D eigenvalue weighted by molar-refractivity contribution is -0.385. The second kappa shape index (κ2) is 7.25. The van der Waals surface area contributed by atoms with Crippen LogP contribution in [0, 0.1) is 17.0 Å². The minimum Gasteiger partial charge on any atom is -0.366 e. The van der Waals surface area contributed by atoms with Crippen molar-refractivity contribution in [2.75, 3.05) is 18.4 Å². The largest absolute Gasteiger partial charge is 0.366 e. The normalized spacial score (nSPS) is 23.6. The van der Waals surface area contributed by atoms with Crippen molar-refractivity contribution in [1.29, 1.82) is 0 Å². The van der Waals surface area contributed by atoms with E-state index in [9.17, 15) is 10.1 Å². The topological polar surface area (TPSA) is 71.3 Å². The molecule has 23 heavy (non-hydrogen) atoms. The summed E-state index contributed by atoms with van der Waals surface area (Å²) in [6.45, 7) is 4.03. The fraction of sp³-hybridized carbons (Fsp3) is 0.706. The van der Waals surface area contributed by atoms with Crippen molar-refractivity contribution in [1.82, 2.24) is 9.88 Å². The van der Waals surface area contributed by atoms with Crippen LogP contribution in [0.5, 0.6) is 0 Å². The van der Waals surface area contributed by atoms with Gasteiger partial charge < -0.3 is 5.32 Å². The summed E-state index contributed by atoms with van der Waals surface area (Å²) in [6, 6.07) is 2.93. The first-order valence-corrected chi connectivity index (χ1v) is 8.75. The van der Waals surface area contributed by atoms with Crippen molar-refractivity contribution in [3.63, 3.8) is 0 Å². The van der Waals surface area contributed by atoms with E-state index in [0.29, 0.717) is 11.6 Å². The van der Waals surface area contributed by atoms with Crippen molar-refractivity contribution in [2.24, 2.45) is 0 Å². The van der Waals surface area contributed by atoms with Gasteiger partial charge in [0.1, 0.15) is 12.0 Å². The molecule has 0 bridgehead atoms. The quantitative estimate of drug-likeness (QED) is 0.679. The van der Waals surface area contributed by atoms with Crippen LogP contribution in [0.3, 0.4) is 0 Å². The van der Waals surface area contributed by atoms with E-state index >= 15 is 0 Å². The molecule has 0 amide bonds. The number of anilines is 1. The number of pyridine rings is 1. The summed E-state index contributed by atoms with van der Waals surface area (Å²) in [5, 5.41) is 14.4. The van der Waals surface area contributed by atoms with E-state index in [1.54, 1.807) is 13.0 Å². The number of piperidine rings is 1. The zero-order chi connectivity index (χ0) is 16.2. The highest BCUT2D eigenvalue weighted by Crippen LogP contribution is 2.26. The fourth-order valence-corrected chi connectivity index (χ4v) is 3.93. The van der Waals surface area contributed by atoms with Gasteiger partial charge in [-0.05, 0) is 45.2 Å². The summed E-state index contributed by atoms with van der Waals surface area (Å²) in [5.74, 6) is 0.753. The highest BCUT2D eigenvalue weighted by molar-refractivity contribution is 5.47. The highest BCUT2D eigenvalue weighted by atomic mass is 16.6. The van der Waals surface area contributed by atoms with Crippen LogP contribution in [-0.2, 0) is 0 Å². The average Bonchev–Trinajstić information content (AvgIpc) is 2.56. The fourth-order valence-electron chi connectivity index (χ4n) is 3.93. The number of likely N-dealkylation sites (tertiary alicyclic amines) is 1. The van der Waals surface area contributed by atoms with E-state index in [2.05, 4.69) is 15.2 Å².